The number of primary amides is 1. The maximum Gasteiger partial charge on any atom is 0.277 e. The number of aromatic amines is 1. The van der Waals surface area contributed by atoms with Gasteiger partial charge in [0.2, 0.25) is 5.91 Å². The lowest BCUT2D eigenvalue weighted by Gasteiger charge is -2.27. The van der Waals surface area contributed by atoms with Crippen molar-refractivity contribution in [1.82, 2.24) is 19.6 Å². The maximum absolute atomic E-state index is 12.9. The lowest BCUT2D eigenvalue weighted by molar-refractivity contribution is -0.122. The molecule has 0 unspecified atom stereocenters. The normalized spacial score (nSPS) is 18.7. The minimum absolute atomic E-state index is 0.0321. The quantitative estimate of drug-likeness (QED) is 0.587. The summed E-state index contributed by atoms with van der Waals surface area (Å²) in [5, 5.41) is 4.77. The summed E-state index contributed by atoms with van der Waals surface area (Å²) in [6.07, 6.45) is 5.08. The van der Waals surface area contributed by atoms with Gasteiger partial charge in [0, 0.05) is 12.3 Å². The first kappa shape index (κ1) is 22.0. The summed E-state index contributed by atoms with van der Waals surface area (Å²) in [4.78, 5) is 32.0. The summed E-state index contributed by atoms with van der Waals surface area (Å²) in [5.74, 6) is 2.03. The molecule has 1 saturated carbocycles. The molecular formula is C24H31N5O3. The van der Waals surface area contributed by atoms with E-state index in [1.54, 1.807) is 4.52 Å². The fourth-order valence-corrected chi connectivity index (χ4v) is 4.72. The highest BCUT2D eigenvalue weighted by molar-refractivity contribution is 5.76. The predicted molar refractivity (Wildman–Crippen MR) is 123 cm³/mol. The van der Waals surface area contributed by atoms with Crippen LogP contribution in [0.1, 0.15) is 69.0 Å². The second kappa shape index (κ2) is 9.14. The molecule has 1 aliphatic carbocycles. The van der Waals surface area contributed by atoms with Gasteiger partial charge in [0.05, 0.1) is 17.9 Å². The van der Waals surface area contributed by atoms with E-state index in [1.165, 1.54) is 0 Å². The van der Waals surface area contributed by atoms with E-state index in [0.717, 1.165) is 55.5 Å². The Bertz CT molecular complexity index is 1190. The number of aryl methyl sites for hydroxylation is 2. The third-order valence-electron chi connectivity index (χ3n) is 6.38. The predicted octanol–water partition coefficient (Wildman–Crippen LogP) is 3.50. The Morgan fingerprint density at radius 1 is 1.25 bits per heavy atom. The number of ether oxygens (including phenoxy) is 1. The van der Waals surface area contributed by atoms with Gasteiger partial charge in [-0.05, 0) is 69.6 Å². The van der Waals surface area contributed by atoms with Crippen molar-refractivity contribution in [2.75, 3.05) is 6.61 Å². The number of nitrogens with one attached hydrogen (secondary N) is 1. The van der Waals surface area contributed by atoms with Gasteiger partial charge < -0.3 is 15.5 Å². The fourth-order valence-electron chi connectivity index (χ4n) is 4.72. The van der Waals surface area contributed by atoms with Crippen LogP contribution in [0.15, 0.2) is 23.0 Å². The van der Waals surface area contributed by atoms with Crippen LogP contribution in [0, 0.1) is 12.8 Å². The van der Waals surface area contributed by atoms with E-state index in [9.17, 15) is 9.59 Å². The molecule has 1 aromatic carbocycles. The summed E-state index contributed by atoms with van der Waals surface area (Å²) in [6.45, 7) is 6.35. The molecule has 0 saturated heterocycles. The highest BCUT2D eigenvalue weighted by atomic mass is 16.5. The van der Waals surface area contributed by atoms with Crippen molar-refractivity contribution in [2.45, 2.75) is 65.2 Å². The van der Waals surface area contributed by atoms with Crippen molar-refractivity contribution in [1.29, 1.82) is 0 Å². The molecule has 8 heteroatoms. The zero-order valence-corrected chi connectivity index (χ0v) is 19.0. The van der Waals surface area contributed by atoms with E-state index in [2.05, 4.69) is 29.0 Å². The van der Waals surface area contributed by atoms with Crippen LogP contribution in [0.3, 0.4) is 0 Å². The number of nitrogens with two attached hydrogens (primary N) is 1. The van der Waals surface area contributed by atoms with Gasteiger partial charge in [0.25, 0.3) is 5.56 Å². The van der Waals surface area contributed by atoms with Crippen LogP contribution < -0.4 is 16.0 Å². The van der Waals surface area contributed by atoms with Crippen LogP contribution in [0.2, 0.25) is 0 Å². The van der Waals surface area contributed by atoms with E-state index < -0.39 is 0 Å². The molecular weight excluding hydrogens is 406 g/mol. The number of H-pyrrole nitrogens is 1. The highest BCUT2D eigenvalue weighted by Crippen LogP contribution is 2.39. The summed E-state index contributed by atoms with van der Waals surface area (Å²) in [5.41, 5.74) is 8.36. The summed E-state index contributed by atoms with van der Waals surface area (Å²) in [7, 11) is 0. The molecule has 8 nitrogen and oxygen atoms in total. The van der Waals surface area contributed by atoms with Gasteiger partial charge in [-0.3, -0.25) is 9.59 Å². The summed E-state index contributed by atoms with van der Waals surface area (Å²) >= 11 is 0. The number of carbonyl (C=O) groups excluding carboxylic acids is 1. The molecule has 3 N–H and O–H groups in total. The van der Waals surface area contributed by atoms with Gasteiger partial charge in [-0.25, -0.2) is 9.50 Å². The third kappa shape index (κ3) is 4.13. The average molecular weight is 438 g/mol. The van der Waals surface area contributed by atoms with Crippen molar-refractivity contribution in [3.63, 3.8) is 0 Å². The van der Waals surface area contributed by atoms with Crippen LogP contribution in [-0.2, 0) is 11.2 Å². The second-order valence-electron chi connectivity index (χ2n) is 8.57. The summed E-state index contributed by atoms with van der Waals surface area (Å²) in [6, 6.07) is 6.09. The molecule has 1 aliphatic rings. The zero-order chi connectivity index (χ0) is 22.8. The van der Waals surface area contributed by atoms with E-state index in [4.69, 9.17) is 15.6 Å². The first-order chi connectivity index (χ1) is 15.4. The van der Waals surface area contributed by atoms with E-state index in [0.29, 0.717) is 35.3 Å². The molecule has 0 bridgehead atoms. The van der Waals surface area contributed by atoms with Crippen LogP contribution in [0.5, 0.6) is 5.75 Å². The number of fused-ring (bicyclic) bond motifs is 1. The zero-order valence-electron chi connectivity index (χ0n) is 19.0. The highest BCUT2D eigenvalue weighted by Gasteiger charge is 2.26. The van der Waals surface area contributed by atoms with Crippen LogP contribution in [0.25, 0.3) is 16.9 Å². The largest absolute Gasteiger partial charge is 0.493 e. The number of hydrogen-bond acceptors (Lipinski definition) is 5. The molecule has 3 aromatic rings. The average Bonchev–Trinajstić information content (AvgIpc) is 3.10. The number of rotatable bonds is 7. The Morgan fingerprint density at radius 3 is 2.66 bits per heavy atom. The Hall–Kier alpha value is -3.16. The van der Waals surface area contributed by atoms with E-state index in [1.807, 2.05) is 19.9 Å². The maximum atomic E-state index is 12.9. The topological polar surface area (TPSA) is 115 Å². The number of benzene rings is 1. The minimum atomic E-state index is -0.211. The summed E-state index contributed by atoms with van der Waals surface area (Å²) < 4.78 is 7.54. The van der Waals surface area contributed by atoms with Crippen LogP contribution >= 0.6 is 0 Å². The molecule has 0 radical (unpaired) electrons. The lowest BCUT2D eigenvalue weighted by Crippen LogP contribution is -2.27. The van der Waals surface area contributed by atoms with Gasteiger partial charge in [0.1, 0.15) is 11.6 Å². The molecule has 1 amide bonds. The second-order valence-corrected chi connectivity index (χ2v) is 8.57. The SMILES string of the molecule is CCCc1nc(C)c2c(=O)[nH]c(-c3cc([C@H]4CC[C@H](C(N)=O)CC4)ccc3OCC)nn12. The van der Waals surface area contributed by atoms with Crippen LogP contribution in [0.4, 0.5) is 0 Å². The number of nitrogens with zero attached hydrogens (tertiary/aromatic N) is 3. The number of hydrogen-bond donors (Lipinski definition) is 2. The van der Waals surface area contributed by atoms with Crippen molar-refractivity contribution in [3.8, 4) is 17.1 Å². The van der Waals surface area contributed by atoms with Crippen molar-refractivity contribution in [3.05, 3.63) is 45.6 Å². The van der Waals surface area contributed by atoms with Crippen molar-refractivity contribution >= 4 is 11.4 Å². The smallest absolute Gasteiger partial charge is 0.277 e. The Balaban J connectivity index is 1.77. The monoisotopic (exact) mass is 437 g/mol. The van der Waals surface area contributed by atoms with E-state index in [-0.39, 0.29) is 17.4 Å². The molecule has 0 aliphatic heterocycles. The van der Waals surface area contributed by atoms with Gasteiger partial charge >= 0.3 is 0 Å². The van der Waals surface area contributed by atoms with Gasteiger partial charge in [-0.1, -0.05) is 13.0 Å². The molecule has 32 heavy (non-hydrogen) atoms. The molecule has 0 atom stereocenters. The Morgan fingerprint density at radius 2 is 2.00 bits per heavy atom. The van der Waals surface area contributed by atoms with Crippen molar-refractivity contribution < 1.29 is 9.53 Å². The van der Waals surface area contributed by atoms with Gasteiger partial charge in [-0.2, -0.15) is 0 Å². The third-order valence-corrected chi connectivity index (χ3v) is 6.38. The molecule has 2 aromatic heterocycles. The van der Waals surface area contributed by atoms with E-state index >= 15 is 0 Å². The standard InChI is InChI=1S/C24H31N5O3/c1-4-6-20-26-14(3)21-24(31)27-23(28-29(20)21)18-13-17(11-12-19(18)32-5-2)15-7-9-16(10-8-15)22(25)30/h11-13,15-16H,4-10H2,1-3H3,(H2,25,30)(H,27,28,31)/t15-,16-. The molecule has 4 rings (SSSR count). The Labute approximate surface area is 187 Å². The number of amides is 1. The van der Waals surface area contributed by atoms with Crippen LogP contribution in [-0.4, -0.2) is 32.1 Å². The molecule has 2 heterocycles. The molecule has 1 fully saturated rings. The number of carbonyl (C=O) groups is 1. The number of imidazole rings is 1. The first-order valence-corrected chi connectivity index (χ1v) is 11.5. The number of aromatic nitrogens is 4. The van der Waals surface area contributed by atoms with Gasteiger partial charge in [0.15, 0.2) is 11.3 Å². The van der Waals surface area contributed by atoms with Gasteiger partial charge in [-0.15, -0.1) is 5.10 Å². The Kier molecular flexibility index (Phi) is 6.30. The fraction of sp³-hybridized carbons (Fsp3) is 0.500. The first-order valence-electron chi connectivity index (χ1n) is 11.5. The lowest BCUT2D eigenvalue weighted by atomic mass is 9.78. The molecule has 170 valence electrons. The molecule has 0 spiro atoms. The van der Waals surface area contributed by atoms with Crippen molar-refractivity contribution in [2.24, 2.45) is 11.7 Å². The minimum Gasteiger partial charge on any atom is -0.493 e.